The molecule has 34 heavy (non-hydrogen) atoms. The number of likely N-dealkylation sites (tertiary alicyclic amines) is 1. The first-order valence-corrected chi connectivity index (χ1v) is 11.7. The van der Waals surface area contributed by atoms with Crippen molar-refractivity contribution in [3.8, 4) is 11.6 Å². The fraction of sp³-hybridized carbons (Fsp3) is 0.296. The standard InChI is InChI=1S/C27H28N4O3/c1-19-9-12-24-23(15-19)26(27(33)31(24)18-30-13-5-2-6-14-30)29-28-25(32)17-34-22-11-10-20-7-3-4-8-21(20)16-22/h3-4,7-12,15-16,33H,2,5-6,13-14,17-18H2,1H3. The molecule has 1 saturated heterocycles. The number of ether oxygens (including phenoxy) is 1. The monoisotopic (exact) mass is 456 g/mol. The van der Waals surface area contributed by atoms with Crippen LogP contribution in [0.1, 0.15) is 24.8 Å². The fourth-order valence-electron chi connectivity index (χ4n) is 4.52. The number of hydrogen-bond donors (Lipinski definition) is 1. The molecule has 2 heterocycles. The van der Waals surface area contributed by atoms with Crippen molar-refractivity contribution in [2.24, 2.45) is 10.2 Å². The first kappa shape index (κ1) is 22.1. The molecule has 1 N–H and O–H groups in total. The number of carbonyl (C=O) groups is 1. The van der Waals surface area contributed by atoms with E-state index in [9.17, 15) is 9.90 Å². The maximum atomic E-state index is 12.4. The molecule has 0 bridgehead atoms. The van der Waals surface area contributed by atoms with Crippen LogP contribution in [0.3, 0.4) is 0 Å². The summed E-state index contributed by atoms with van der Waals surface area (Å²) >= 11 is 0. The Balaban J connectivity index is 1.34. The van der Waals surface area contributed by atoms with Crippen molar-refractivity contribution in [2.75, 3.05) is 19.7 Å². The summed E-state index contributed by atoms with van der Waals surface area (Å²) in [6.45, 7) is 4.36. The van der Waals surface area contributed by atoms with E-state index in [1.54, 1.807) is 0 Å². The number of nitrogens with zero attached hydrogens (tertiary/aromatic N) is 4. The molecule has 3 aromatic carbocycles. The molecule has 4 aromatic rings. The first-order chi connectivity index (χ1) is 16.6. The van der Waals surface area contributed by atoms with Crippen LogP contribution in [-0.4, -0.2) is 40.2 Å². The second kappa shape index (κ2) is 9.65. The van der Waals surface area contributed by atoms with E-state index in [2.05, 4.69) is 15.1 Å². The van der Waals surface area contributed by atoms with Crippen LogP contribution in [0, 0.1) is 6.92 Å². The normalized spacial score (nSPS) is 14.9. The van der Waals surface area contributed by atoms with Gasteiger partial charge in [-0.3, -0.25) is 14.3 Å². The first-order valence-electron chi connectivity index (χ1n) is 11.7. The number of piperidine rings is 1. The Morgan fingerprint density at radius 1 is 1.00 bits per heavy atom. The summed E-state index contributed by atoms with van der Waals surface area (Å²) in [6, 6.07) is 19.6. The van der Waals surface area contributed by atoms with Crippen molar-refractivity contribution < 1.29 is 14.6 Å². The minimum Gasteiger partial charge on any atom is -0.493 e. The largest absolute Gasteiger partial charge is 0.493 e. The molecule has 0 saturated carbocycles. The van der Waals surface area contributed by atoms with Gasteiger partial charge in [-0.2, -0.15) is 0 Å². The van der Waals surface area contributed by atoms with Gasteiger partial charge in [-0.15, -0.1) is 10.2 Å². The molecule has 1 amide bonds. The van der Waals surface area contributed by atoms with E-state index in [4.69, 9.17) is 4.74 Å². The van der Waals surface area contributed by atoms with E-state index in [-0.39, 0.29) is 12.5 Å². The summed E-state index contributed by atoms with van der Waals surface area (Å²) in [5, 5.41) is 21.9. The van der Waals surface area contributed by atoms with Crippen molar-refractivity contribution in [3.05, 3.63) is 66.2 Å². The van der Waals surface area contributed by atoms with Crippen LogP contribution in [0.25, 0.3) is 21.7 Å². The van der Waals surface area contributed by atoms with E-state index >= 15 is 0 Å². The Kier molecular flexibility index (Phi) is 6.27. The molecule has 0 atom stereocenters. The molecule has 7 heteroatoms. The molecule has 0 radical (unpaired) electrons. The highest BCUT2D eigenvalue weighted by atomic mass is 16.5. The quantitative estimate of drug-likeness (QED) is 0.364. The SMILES string of the molecule is Cc1ccc2c(c1)c(N=NC(=O)COc1ccc3ccccc3c1)c(O)n2CN1CCCCC1. The van der Waals surface area contributed by atoms with Gasteiger partial charge in [-0.05, 0) is 67.9 Å². The molecule has 1 aliphatic rings. The van der Waals surface area contributed by atoms with E-state index in [1.807, 2.05) is 72.2 Å². The lowest BCUT2D eigenvalue weighted by Crippen LogP contribution is -2.31. The van der Waals surface area contributed by atoms with E-state index < -0.39 is 5.91 Å². The molecule has 174 valence electrons. The fourth-order valence-corrected chi connectivity index (χ4v) is 4.52. The van der Waals surface area contributed by atoms with Gasteiger partial charge in [-0.25, -0.2) is 0 Å². The number of hydrogen-bond acceptors (Lipinski definition) is 5. The number of aromatic hydroxyl groups is 1. The average Bonchev–Trinajstić information content (AvgIpc) is 3.11. The van der Waals surface area contributed by atoms with Gasteiger partial charge in [-0.1, -0.05) is 48.4 Å². The molecule has 7 nitrogen and oxygen atoms in total. The molecule has 0 aliphatic carbocycles. The topological polar surface area (TPSA) is 79.4 Å². The van der Waals surface area contributed by atoms with Crippen LogP contribution in [0.15, 0.2) is 70.9 Å². The summed E-state index contributed by atoms with van der Waals surface area (Å²) < 4.78 is 7.48. The van der Waals surface area contributed by atoms with Crippen molar-refractivity contribution in [3.63, 3.8) is 0 Å². The summed E-state index contributed by atoms with van der Waals surface area (Å²) in [5.74, 6) is 0.106. The third-order valence-corrected chi connectivity index (χ3v) is 6.30. The van der Waals surface area contributed by atoms with Crippen molar-refractivity contribution in [1.82, 2.24) is 9.47 Å². The second-order valence-electron chi connectivity index (χ2n) is 8.83. The van der Waals surface area contributed by atoms with Gasteiger partial charge in [0.05, 0.1) is 12.2 Å². The Bertz CT molecular complexity index is 1370. The van der Waals surface area contributed by atoms with Crippen LogP contribution < -0.4 is 4.74 Å². The van der Waals surface area contributed by atoms with E-state index in [1.165, 1.54) is 6.42 Å². The predicted octanol–water partition coefficient (Wildman–Crippen LogP) is 5.94. The van der Waals surface area contributed by atoms with E-state index in [0.29, 0.717) is 18.1 Å². The predicted molar refractivity (Wildman–Crippen MR) is 133 cm³/mol. The number of carbonyl (C=O) groups excluding carboxylic acids is 1. The summed E-state index contributed by atoms with van der Waals surface area (Å²) in [6.07, 6.45) is 3.58. The lowest BCUT2D eigenvalue weighted by Gasteiger charge is -2.27. The molecule has 1 aliphatic heterocycles. The van der Waals surface area contributed by atoms with Crippen LogP contribution in [-0.2, 0) is 11.5 Å². The number of aromatic nitrogens is 1. The summed E-state index contributed by atoms with van der Waals surface area (Å²) in [5.41, 5.74) is 2.24. The Hall–Kier alpha value is -3.71. The molecule has 0 unspecified atom stereocenters. The molecule has 1 fully saturated rings. The summed E-state index contributed by atoms with van der Waals surface area (Å²) in [4.78, 5) is 14.7. The van der Waals surface area contributed by atoms with Gasteiger partial charge in [0.2, 0.25) is 5.88 Å². The number of benzene rings is 3. The van der Waals surface area contributed by atoms with Gasteiger partial charge < -0.3 is 9.84 Å². The minimum atomic E-state index is -0.517. The molecule has 5 rings (SSSR count). The van der Waals surface area contributed by atoms with Crippen LogP contribution in [0.4, 0.5) is 5.69 Å². The third kappa shape index (κ3) is 4.65. The zero-order chi connectivity index (χ0) is 23.5. The van der Waals surface area contributed by atoms with Gasteiger partial charge in [0.1, 0.15) is 5.75 Å². The molecular weight excluding hydrogens is 428 g/mol. The van der Waals surface area contributed by atoms with Crippen molar-refractivity contribution in [1.29, 1.82) is 0 Å². The maximum Gasteiger partial charge on any atom is 0.302 e. The average molecular weight is 457 g/mol. The molecule has 1 aromatic heterocycles. The Morgan fingerprint density at radius 2 is 1.79 bits per heavy atom. The van der Waals surface area contributed by atoms with Crippen molar-refractivity contribution in [2.45, 2.75) is 32.9 Å². The van der Waals surface area contributed by atoms with Crippen LogP contribution in [0.5, 0.6) is 11.6 Å². The molecular formula is C27H28N4O3. The van der Waals surface area contributed by atoms with Crippen molar-refractivity contribution >= 4 is 33.3 Å². The zero-order valence-electron chi connectivity index (χ0n) is 19.3. The highest BCUT2D eigenvalue weighted by molar-refractivity contribution is 5.95. The Morgan fingerprint density at radius 3 is 2.62 bits per heavy atom. The highest BCUT2D eigenvalue weighted by Crippen LogP contribution is 2.39. The number of amides is 1. The van der Waals surface area contributed by atoms with E-state index in [0.717, 1.165) is 53.2 Å². The third-order valence-electron chi connectivity index (χ3n) is 6.30. The van der Waals surface area contributed by atoms with Crippen LogP contribution in [0.2, 0.25) is 0 Å². The van der Waals surface area contributed by atoms with Gasteiger partial charge in [0, 0.05) is 5.39 Å². The van der Waals surface area contributed by atoms with Crippen LogP contribution >= 0.6 is 0 Å². The smallest absolute Gasteiger partial charge is 0.302 e. The number of rotatable bonds is 6. The summed E-state index contributed by atoms with van der Waals surface area (Å²) in [7, 11) is 0. The Labute approximate surface area is 198 Å². The highest BCUT2D eigenvalue weighted by Gasteiger charge is 2.20. The lowest BCUT2D eigenvalue weighted by molar-refractivity contribution is -0.120. The molecule has 0 spiro atoms. The minimum absolute atomic E-state index is 0.0261. The van der Waals surface area contributed by atoms with Gasteiger partial charge in [0.15, 0.2) is 12.3 Å². The number of azo groups is 1. The number of aryl methyl sites for hydroxylation is 1. The zero-order valence-corrected chi connectivity index (χ0v) is 19.3. The van der Waals surface area contributed by atoms with Gasteiger partial charge >= 0.3 is 5.91 Å². The lowest BCUT2D eigenvalue weighted by atomic mass is 10.1. The van der Waals surface area contributed by atoms with Gasteiger partial charge in [0.25, 0.3) is 0 Å². The maximum absolute atomic E-state index is 12.4. The second-order valence-corrected chi connectivity index (χ2v) is 8.83. The number of fused-ring (bicyclic) bond motifs is 2.